The van der Waals surface area contributed by atoms with E-state index in [0.717, 1.165) is 25.0 Å². The summed E-state index contributed by atoms with van der Waals surface area (Å²) < 4.78 is 37.5. The molecule has 0 bridgehead atoms. The van der Waals surface area contributed by atoms with Gasteiger partial charge in [-0.05, 0) is 24.5 Å². The van der Waals surface area contributed by atoms with Crippen LogP contribution in [0.2, 0.25) is 0 Å². The number of amides is 1. The Balaban J connectivity index is 1.61. The van der Waals surface area contributed by atoms with Crippen LogP contribution in [0.5, 0.6) is 11.9 Å². The minimum atomic E-state index is -0.712. The summed E-state index contributed by atoms with van der Waals surface area (Å²) in [6.07, 6.45) is 2.75. The number of carbonyl (C=O) groups excluding carboxylic acids is 1. The molecule has 1 unspecified atom stereocenters. The SMILES string of the molecule is COc1nccc(OC2CCCN(C(=O)Cc3ccc(F)cc3F)C2)n1. The molecule has 1 saturated heterocycles. The molecule has 1 fully saturated rings. The van der Waals surface area contributed by atoms with Gasteiger partial charge < -0.3 is 14.4 Å². The molecule has 0 aliphatic carbocycles. The fourth-order valence-corrected chi connectivity index (χ4v) is 2.86. The number of hydrogen-bond acceptors (Lipinski definition) is 5. The van der Waals surface area contributed by atoms with Crippen molar-refractivity contribution < 1.29 is 23.0 Å². The monoisotopic (exact) mass is 363 g/mol. The second-order valence-corrected chi connectivity index (χ2v) is 6.02. The summed E-state index contributed by atoms with van der Waals surface area (Å²) in [5.41, 5.74) is 0.181. The molecule has 1 aliphatic rings. The van der Waals surface area contributed by atoms with Crippen molar-refractivity contribution in [2.24, 2.45) is 0 Å². The predicted molar refractivity (Wildman–Crippen MR) is 88.9 cm³/mol. The number of benzene rings is 1. The first-order chi connectivity index (χ1) is 12.5. The molecule has 0 radical (unpaired) electrons. The van der Waals surface area contributed by atoms with Crippen LogP contribution < -0.4 is 9.47 Å². The smallest absolute Gasteiger partial charge is 0.319 e. The highest BCUT2D eigenvalue weighted by Crippen LogP contribution is 2.19. The molecule has 0 N–H and O–H groups in total. The molecule has 1 amide bonds. The third-order valence-corrected chi connectivity index (χ3v) is 4.17. The number of ether oxygens (including phenoxy) is 2. The molecular weight excluding hydrogens is 344 g/mol. The Morgan fingerprint density at radius 1 is 1.35 bits per heavy atom. The number of methoxy groups -OCH3 is 1. The van der Waals surface area contributed by atoms with Crippen LogP contribution in [0, 0.1) is 11.6 Å². The van der Waals surface area contributed by atoms with Crippen molar-refractivity contribution in [3.05, 3.63) is 47.7 Å². The van der Waals surface area contributed by atoms with Gasteiger partial charge >= 0.3 is 6.01 Å². The van der Waals surface area contributed by atoms with Crippen LogP contribution in [0.25, 0.3) is 0 Å². The van der Waals surface area contributed by atoms with Crippen LogP contribution in [0.1, 0.15) is 18.4 Å². The van der Waals surface area contributed by atoms with Crippen LogP contribution in [-0.4, -0.2) is 47.1 Å². The van der Waals surface area contributed by atoms with Gasteiger partial charge in [0.1, 0.15) is 17.7 Å². The zero-order valence-corrected chi connectivity index (χ0v) is 14.3. The summed E-state index contributed by atoms with van der Waals surface area (Å²) in [5, 5.41) is 0. The van der Waals surface area contributed by atoms with Crippen molar-refractivity contribution in [1.29, 1.82) is 0 Å². The minimum absolute atomic E-state index is 0.111. The van der Waals surface area contributed by atoms with Crippen molar-refractivity contribution in [2.75, 3.05) is 20.2 Å². The second-order valence-electron chi connectivity index (χ2n) is 6.02. The maximum atomic E-state index is 13.8. The topological polar surface area (TPSA) is 64.6 Å². The summed E-state index contributed by atoms with van der Waals surface area (Å²) in [6, 6.07) is 5.06. The number of likely N-dealkylation sites (tertiary alicyclic amines) is 1. The van der Waals surface area contributed by atoms with Gasteiger partial charge in [-0.1, -0.05) is 6.07 Å². The highest BCUT2D eigenvalue weighted by atomic mass is 19.1. The van der Waals surface area contributed by atoms with Gasteiger partial charge in [0.05, 0.1) is 20.1 Å². The van der Waals surface area contributed by atoms with Crippen molar-refractivity contribution in [2.45, 2.75) is 25.4 Å². The Bertz CT molecular complexity index is 788. The van der Waals surface area contributed by atoms with Crippen LogP contribution in [0.15, 0.2) is 30.5 Å². The minimum Gasteiger partial charge on any atom is -0.472 e. The number of nitrogens with zero attached hydrogens (tertiary/aromatic N) is 3. The van der Waals surface area contributed by atoms with Crippen molar-refractivity contribution >= 4 is 5.91 Å². The lowest BCUT2D eigenvalue weighted by atomic mass is 10.1. The molecular formula is C18H19F2N3O3. The zero-order chi connectivity index (χ0) is 18.5. The molecule has 1 aromatic carbocycles. The molecule has 1 aromatic heterocycles. The average molecular weight is 363 g/mol. The quantitative estimate of drug-likeness (QED) is 0.816. The van der Waals surface area contributed by atoms with Gasteiger partial charge in [-0.15, -0.1) is 0 Å². The molecule has 8 heteroatoms. The van der Waals surface area contributed by atoms with E-state index in [1.165, 1.54) is 19.4 Å². The lowest BCUT2D eigenvalue weighted by Gasteiger charge is -2.32. The molecule has 3 rings (SSSR count). The van der Waals surface area contributed by atoms with E-state index >= 15 is 0 Å². The van der Waals surface area contributed by atoms with Crippen molar-refractivity contribution in [1.82, 2.24) is 14.9 Å². The Hall–Kier alpha value is -2.77. The summed E-state index contributed by atoms with van der Waals surface area (Å²) in [7, 11) is 1.47. The molecule has 1 aliphatic heterocycles. The van der Waals surface area contributed by atoms with E-state index in [0.29, 0.717) is 19.0 Å². The first-order valence-corrected chi connectivity index (χ1v) is 8.30. The Labute approximate surface area is 149 Å². The Morgan fingerprint density at radius 3 is 2.96 bits per heavy atom. The molecule has 2 heterocycles. The predicted octanol–water partition coefficient (Wildman–Crippen LogP) is 2.38. The molecule has 6 nitrogen and oxygen atoms in total. The fourth-order valence-electron chi connectivity index (χ4n) is 2.86. The highest BCUT2D eigenvalue weighted by molar-refractivity contribution is 5.79. The largest absolute Gasteiger partial charge is 0.472 e. The zero-order valence-electron chi connectivity index (χ0n) is 14.3. The molecule has 2 aromatic rings. The maximum Gasteiger partial charge on any atom is 0.319 e. The summed E-state index contributed by atoms with van der Waals surface area (Å²) in [4.78, 5) is 22.1. The first-order valence-electron chi connectivity index (χ1n) is 8.30. The van der Waals surface area contributed by atoms with E-state index in [-0.39, 0.29) is 30.0 Å². The third-order valence-electron chi connectivity index (χ3n) is 4.17. The van der Waals surface area contributed by atoms with Crippen LogP contribution in [0.3, 0.4) is 0 Å². The third kappa shape index (κ3) is 4.44. The Morgan fingerprint density at radius 2 is 2.19 bits per heavy atom. The van der Waals surface area contributed by atoms with Crippen LogP contribution in [0.4, 0.5) is 8.78 Å². The van der Waals surface area contributed by atoms with E-state index in [1.54, 1.807) is 11.0 Å². The van der Waals surface area contributed by atoms with Gasteiger partial charge in [-0.3, -0.25) is 4.79 Å². The number of carbonyl (C=O) groups is 1. The summed E-state index contributed by atoms with van der Waals surface area (Å²) in [5.74, 6) is -1.22. The molecule has 0 saturated carbocycles. The number of piperidine rings is 1. The van der Waals surface area contributed by atoms with E-state index < -0.39 is 11.6 Å². The molecule has 26 heavy (non-hydrogen) atoms. The van der Waals surface area contributed by atoms with Crippen molar-refractivity contribution in [3.8, 4) is 11.9 Å². The fraction of sp³-hybridized carbons (Fsp3) is 0.389. The summed E-state index contributed by atoms with van der Waals surface area (Å²) in [6.45, 7) is 0.961. The van der Waals surface area contributed by atoms with Crippen LogP contribution in [-0.2, 0) is 11.2 Å². The van der Waals surface area contributed by atoms with Crippen LogP contribution >= 0.6 is 0 Å². The number of halogens is 2. The standard InChI is InChI=1S/C18H19F2N3O3/c1-25-18-21-7-6-16(22-18)26-14-3-2-8-23(11-14)17(24)9-12-4-5-13(19)10-15(12)20/h4-7,10,14H,2-3,8-9,11H2,1H3. The molecule has 138 valence electrons. The van der Waals surface area contributed by atoms with Gasteiger partial charge in [0.25, 0.3) is 0 Å². The Kier molecular flexibility index (Phi) is 5.60. The lowest BCUT2D eigenvalue weighted by Crippen LogP contribution is -2.45. The lowest BCUT2D eigenvalue weighted by molar-refractivity contribution is -0.133. The van der Waals surface area contributed by atoms with Gasteiger partial charge in [-0.25, -0.2) is 13.8 Å². The van der Waals surface area contributed by atoms with Gasteiger partial charge in [0, 0.05) is 24.9 Å². The van der Waals surface area contributed by atoms with E-state index in [1.807, 2.05) is 0 Å². The average Bonchev–Trinajstić information content (AvgIpc) is 2.64. The van der Waals surface area contributed by atoms with E-state index in [9.17, 15) is 13.6 Å². The van der Waals surface area contributed by atoms with Crippen molar-refractivity contribution in [3.63, 3.8) is 0 Å². The van der Waals surface area contributed by atoms with Gasteiger partial charge in [0.15, 0.2) is 0 Å². The normalized spacial score (nSPS) is 17.0. The maximum absolute atomic E-state index is 13.8. The van der Waals surface area contributed by atoms with Gasteiger partial charge in [-0.2, -0.15) is 4.98 Å². The first kappa shape index (κ1) is 18.0. The number of hydrogen-bond donors (Lipinski definition) is 0. The molecule has 1 atom stereocenters. The second kappa shape index (κ2) is 8.07. The number of aromatic nitrogens is 2. The molecule has 0 spiro atoms. The number of rotatable bonds is 5. The van der Waals surface area contributed by atoms with E-state index in [2.05, 4.69) is 9.97 Å². The van der Waals surface area contributed by atoms with Gasteiger partial charge in [0.2, 0.25) is 11.8 Å². The van der Waals surface area contributed by atoms with E-state index in [4.69, 9.17) is 9.47 Å². The highest BCUT2D eigenvalue weighted by Gasteiger charge is 2.26. The summed E-state index contributed by atoms with van der Waals surface area (Å²) >= 11 is 0.